The number of nitro groups is 1. The summed E-state index contributed by atoms with van der Waals surface area (Å²) in [7, 11) is 1.80. The molecular formula is C22H26N4O6. The van der Waals surface area contributed by atoms with Gasteiger partial charge < -0.3 is 15.0 Å². The third-order valence-corrected chi connectivity index (χ3v) is 4.99. The van der Waals surface area contributed by atoms with E-state index in [0.29, 0.717) is 36.0 Å². The first-order chi connectivity index (χ1) is 15.0. The normalized spacial score (nSPS) is 13.6. The number of imide groups is 1. The zero-order chi connectivity index (χ0) is 23.6. The Bertz CT molecular complexity index is 1090. The molecule has 10 heteroatoms. The van der Waals surface area contributed by atoms with Crippen molar-refractivity contribution in [3.8, 4) is 0 Å². The highest BCUT2D eigenvalue weighted by atomic mass is 16.6. The predicted octanol–water partition coefficient (Wildman–Crippen LogP) is 2.80. The molecule has 0 bridgehead atoms. The molecule has 10 nitrogen and oxygen atoms in total. The molecule has 0 unspecified atom stereocenters. The zero-order valence-electron chi connectivity index (χ0n) is 18.5. The van der Waals surface area contributed by atoms with E-state index in [0.717, 1.165) is 4.90 Å². The van der Waals surface area contributed by atoms with Crippen LogP contribution in [-0.4, -0.2) is 71.5 Å². The van der Waals surface area contributed by atoms with E-state index in [2.05, 4.69) is 5.32 Å². The molecule has 0 saturated heterocycles. The number of benzene rings is 2. The predicted molar refractivity (Wildman–Crippen MR) is 118 cm³/mol. The first-order valence-electron chi connectivity index (χ1n) is 10.2. The molecule has 0 atom stereocenters. The van der Waals surface area contributed by atoms with Gasteiger partial charge in [-0.3, -0.25) is 24.6 Å². The summed E-state index contributed by atoms with van der Waals surface area (Å²) in [4.78, 5) is 51.4. The Morgan fingerprint density at radius 3 is 2.50 bits per heavy atom. The van der Waals surface area contributed by atoms with Crippen LogP contribution in [0, 0.1) is 10.1 Å². The lowest BCUT2D eigenvalue weighted by atomic mass is 9.93. The second-order valence-corrected chi connectivity index (χ2v) is 8.65. The fourth-order valence-corrected chi connectivity index (χ4v) is 3.50. The molecule has 0 aromatic heterocycles. The number of nitrogens with zero attached hydrogens (tertiary/aromatic N) is 3. The highest BCUT2D eigenvalue weighted by Crippen LogP contribution is 2.33. The molecule has 32 heavy (non-hydrogen) atoms. The maximum atomic E-state index is 13.0. The standard InChI is InChI=1S/C22H26N4O6/c1-22(2,3)32-21(29)23-8-9-24(4)10-11-25-19(27)16-7-5-6-14-12-15(26(30)31)13-17(18(14)16)20(25)28/h5-7,12-13H,8-11H2,1-4H3,(H,23,29). The Labute approximate surface area is 185 Å². The number of amides is 3. The van der Waals surface area contributed by atoms with E-state index < -0.39 is 28.4 Å². The van der Waals surface area contributed by atoms with Crippen molar-refractivity contribution >= 4 is 34.4 Å². The quantitative estimate of drug-likeness (QED) is 0.397. The van der Waals surface area contributed by atoms with Crippen LogP contribution in [0.15, 0.2) is 30.3 Å². The molecule has 0 spiro atoms. The molecule has 2 aromatic carbocycles. The maximum Gasteiger partial charge on any atom is 0.407 e. The van der Waals surface area contributed by atoms with Gasteiger partial charge in [0.15, 0.2) is 0 Å². The maximum absolute atomic E-state index is 13.0. The van der Waals surface area contributed by atoms with E-state index in [1.165, 1.54) is 12.1 Å². The molecule has 0 fully saturated rings. The van der Waals surface area contributed by atoms with Crippen molar-refractivity contribution in [2.75, 3.05) is 33.2 Å². The van der Waals surface area contributed by atoms with E-state index in [1.54, 1.807) is 46.0 Å². The average Bonchev–Trinajstić information content (AvgIpc) is 2.70. The number of ether oxygens (including phenoxy) is 1. The van der Waals surface area contributed by atoms with Crippen LogP contribution in [0.2, 0.25) is 0 Å². The van der Waals surface area contributed by atoms with Gasteiger partial charge in [0.25, 0.3) is 17.5 Å². The minimum absolute atomic E-state index is 0.110. The van der Waals surface area contributed by atoms with Crippen molar-refractivity contribution in [3.05, 3.63) is 51.6 Å². The number of nitro benzene ring substituents is 1. The van der Waals surface area contributed by atoms with Gasteiger partial charge in [-0.2, -0.15) is 0 Å². The monoisotopic (exact) mass is 442 g/mol. The molecule has 170 valence electrons. The van der Waals surface area contributed by atoms with Gasteiger partial charge in [-0.1, -0.05) is 12.1 Å². The first kappa shape index (κ1) is 23.1. The van der Waals surface area contributed by atoms with Crippen LogP contribution < -0.4 is 5.32 Å². The topological polar surface area (TPSA) is 122 Å². The molecular weight excluding hydrogens is 416 g/mol. The van der Waals surface area contributed by atoms with Crippen LogP contribution >= 0.6 is 0 Å². The third-order valence-electron chi connectivity index (χ3n) is 4.99. The van der Waals surface area contributed by atoms with Gasteiger partial charge in [0.2, 0.25) is 0 Å². The highest BCUT2D eigenvalue weighted by molar-refractivity contribution is 6.25. The summed E-state index contributed by atoms with van der Waals surface area (Å²) in [6, 6.07) is 7.50. The van der Waals surface area contributed by atoms with Crippen molar-refractivity contribution in [1.82, 2.24) is 15.1 Å². The summed E-state index contributed by atoms with van der Waals surface area (Å²) in [6.45, 7) is 6.62. The summed E-state index contributed by atoms with van der Waals surface area (Å²) in [5.74, 6) is -0.982. The lowest BCUT2D eigenvalue weighted by molar-refractivity contribution is -0.384. The molecule has 1 N–H and O–H groups in total. The van der Waals surface area contributed by atoms with E-state index in [1.807, 2.05) is 4.90 Å². The SMILES string of the molecule is CN(CCNC(=O)OC(C)(C)C)CCN1C(=O)c2cccc3cc([N+](=O)[O-])cc(c23)C1=O. The largest absolute Gasteiger partial charge is 0.444 e. The lowest BCUT2D eigenvalue weighted by Gasteiger charge is -2.28. The van der Waals surface area contributed by atoms with E-state index in [9.17, 15) is 24.5 Å². The molecule has 0 saturated carbocycles. The first-order valence-corrected chi connectivity index (χ1v) is 10.2. The summed E-state index contributed by atoms with van der Waals surface area (Å²) in [5.41, 5.74) is -0.281. The number of hydrogen-bond acceptors (Lipinski definition) is 7. The Morgan fingerprint density at radius 1 is 1.16 bits per heavy atom. The van der Waals surface area contributed by atoms with Crippen LogP contribution in [0.3, 0.4) is 0 Å². The van der Waals surface area contributed by atoms with Crippen LogP contribution in [0.1, 0.15) is 41.5 Å². The molecule has 1 heterocycles. The van der Waals surface area contributed by atoms with Gasteiger partial charge in [-0.25, -0.2) is 4.79 Å². The molecule has 1 aliphatic rings. The molecule has 0 radical (unpaired) electrons. The van der Waals surface area contributed by atoms with Gasteiger partial charge in [0, 0.05) is 49.3 Å². The fraction of sp³-hybridized carbons (Fsp3) is 0.409. The summed E-state index contributed by atoms with van der Waals surface area (Å²) in [6.07, 6.45) is -0.515. The number of carbonyl (C=O) groups excluding carboxylic acids is 3. The van der Waals surface area contributed by atoms with E-state index in [-0.39, 0.29) is 17.8 Å². The Kier molecular flexibility index (Phi) is 6.45. The van der Waals surface area contributed by atoms with Crippen molar-refractivity contribution in [2.45, 2.75) is 26.4 Å². The number of non-ortho nitro benzene ring substituents is 1. The smallest absolute Gasteiger partial charge is 0.407 e. The van der Waals surface area contributed by atoms with Crippen LogP contribution in [0.4, 0.5) is 10.5 Å². The molecule has 3 amide bonds. The molecule has 0 aliphatic carbocycles. The minimum Gasteiger partial charge on any atom is -0.444 e. The Hall–Kier alpha value is -3.53. The Morgan fingerprint density at radius 2 is 1.84 bits per heavy atom. The number of rotatable bonds is 7. The van der Waals surface area contributed by atoms with Crippen molar-refractivity contribution in [2.24, 2.45) is 0 Å². The van der Waals surface area contributed by atoms with Crippen LogP contribution in [-0.2, 0) is 4.74 Å². The average molecular weight is 442 g/mol. The number of carbonyl (C=O) groups is 3. The van der Waals surface area contributed by atoms with Crippen molar-refractivity contribution < 1.29 is 24.0 Å². The van der Waals surface area contributed by atoms with Gasteiger partial charge in [0.1, 0.15) is 5.60 Å². The summed E-state index contributed by atoms with van der Waals surface area (Å²) < 4.78 is 5.18. The van der Waals surface area contributed by atoms with Crippen molar-refractivity contribution in [1.29, 1.82) is 0 Å². The number of hydrogen-bond donors (Lipinski definition) is 1. The van der Waals surface area contributed by atoms with Crippen molar-refractivity contribution in [3.63, 3.8) is 0 Å². The second-order valence-electron chi connectivity index (χ2n) is 8.65. The molecule has 2 aromatic rings. The molecule has 1 aliphatic heterocycles. The van der Waals surface area contributed by atoms with E-state index in [4.69, 9.17) is 4.74 Å². The Balaban J connectivity index is 1.67. The highest BCUT2D eigenvalue weighted by Gasteiger charge is 2.34. The lowest BCUT2D eigenvalue weighted by Crippen LogP contribution is -2.45. The second kappa shape index (κ2) is 8.91. The number of nitrogens with one attached hydrogen (secondary N) is 1. The fourth-order valence-electron chi connectivity index (χ4n) is 3.50. The summed E-state index contributed by atoms with van der Waals surface area (Å²) >= 11 is 0. The van der Waals surface area contributed by atoms with Crippen LogP contribution in [0.5, 0.6) is 0 Å². The van der Waals surface area contributed by atoms with Gasteiger partial charge in [-0.15, -0.1) is 0 Å². The number of likely N-dealkylation sites (N-methyl/N-ethyl adjacent to an activating group) is 1. The zero-order valence-corrected chi connectivity index (χ0v) is 18.5. The van der Waals surface area contributed by atoms with Gasteiger partial charge in [0.05, 0.1) is 10.5 Å². The minimum atomic E-state index is -0.584. The number of alkyl carbamates (subject to hydrolysis) is 1. The molecule has 3 rings (SSSR count). The van der Waals surface area contributed by atoms with E-state index >= 15 is 0 Å². The van der Waals surface area contributed by atoms with Gasteiger partial charge >= 0.3 is 6.09 Å². The third kappa shape index (κ3) is 5.02. The van der Waals surface area contributed by atoms with Gasteiger partial charge in [-0.05, 0) is 39.3 Å². The summed E-state index contributed by atoms with van der Waals surface area (Å²) in [5, 5.41) is 14.9. The van der Waals surface area contributed by atoms with Crippen LogP contribution in [0.25, 0.3) is 10.8 Å².